The number of hydrogen-bond donors (Lipinski definition) is 0. The summed E-state index contributed by atoms with van der Waals surface area (Å²) in [5, 5.41) is 8.97. The number of imidazole rings is 1. The van der Waals surface area contributed by atoms with Crippen molar-refractivity contribution in [3.05, 3.63) is 92.6 Å². The first-order valence-electron chi connectivity index (χ1n) is 9.54. The molecule has 0 aliphatic heterocycles. The highest BCUT2D eigenvalue weighted by Crippen LogP contribution is 2.32. The summed E-state index contributed by atoms with van der Waals surface area (Å²) in [5.41, 5.74) is 1.61. The molecule has 0 saturated heterocycles. The van der Waals surface area contributed by atoms with Crippen LogP contribution in [0, 0.1) is 17.1 Å². The molecule has 2 aromatic heterocycles. The van der Waals surface area contributed by atoms with E-state index < -0.39 is 11.5 Å². The fourth-order valence-corrected chi connectivity index (χ4v) is 3.63. The van der Waals surface area contributed by atoms with Crippen molar-refractivity contribution in [2.24, 2.45) is 0 Å². The summed E-state index contributed by atoms with van der Waals surface area (Å²) in [6, 6.07) is 14.6. The highest BCUT2D eigenvalue weighted by Gasteiger charge is 2.30. The predicted molar refractivity (Wildman–Crippen MR) is 108 cm³/mol. The van der Waals surface area contributed by atoms with Crippen LogP contribution >= 0.6 is 0 Å². The summed E-state index contributed by atoms with van der Waals surface area (Å²) in [6.07, 6.45) is 3.07. The fourth-order valence-electron chi connectivity index (χ4n) is 3.63. The normalized spacial score (nSPS) is 13.5. The number of nitrogens with zero attached hydrogens (tertiary/aromatic N) is 5. The van der Waals surface area contributed by atoms with Gasteiger partial charge in [0.15, 0.2) is 11.2 Å². The molecule has 0 radical (unpaired) electrons. The predicted octanol–water partition coefficient (Wildman–Crippen LogP) is 2.74. The van der Waals surface area contributed by atoms with Gasteiger partial charge < -0.3 is 4.57 Å². The van der Waals surface area contributed by atoms with E-state index in [4.69, 9.17) is 5.26 Å². The largest absolute Gasteiger partial charge is 0.337 e. The van der Waals surface area contributed by atoms with Crippen molar-refractivity contribution in [2.45, 2.75) is 25.4 Å². The lowest BCUT2D eigenvalue weighted by atomic mass is 10.1. The average molecular weight is 401 g/mol. The molecule has 0 amide bonds. The highest BCUT2D eigenvalue weighted by molar-refractivity contribution is 5.72. The van der Waals surface area contributed by atoms with Gasteiger partial charge in [-0.2, -0.15) is 5.26 Å². The third kappa shape index (κ3) is 2.92. The molecule has 2 aromatic carbocycles. The molecule has 4 aromatic rings. The van der Waals surface area contributed by atoms with Gasteiger partial charge in [-0.15, -0.1) is 0 Å². The summed E-state index contributed by atoms with van der Waals surface area (Å²) in [6.45, 7) is 0.365. The summed E-state index contributed by atoms with van der Waals surface area (Å²) in [4.78, 5) is 30.7. The zero-order valence-electron chi connectivity index (χ0n) is 15.8. The van der Waals surface area contributed by atoms with Gasteiger partial charge >= 0.3 is 5.69 Å². The monoisotopic (exact) mass is 401 g/mol. The summed E-state index contributed by atoms with van der Waals surface area (Å²) >= 11 is 0. The summed E-state index contributed by atoms with van der Waals surface area (Å²) < 4.78 is 17.8. The lowest BCUT2D eigenvalue weighted by Crippen LogP contribution is -2.39. The Labute approximate surface area is 169 Å². The van der Waals surface area contributed by atoms with E-state index in [1.807, 2.05) is 12.1 Å². The van der Waals surface area contributed by atoms with Gasteiger partial charge in [-0.1, -0.05) is 12.1 Å². The molecule has 0 bridgehead atoms. The van der Waals surface area contributed by atoms with Crippen LogP contribution in [0.25, 0.3) is 16.9 Å². The average Bonchev–Trinajstić information content (AvgIpc) is 3.50. The third-order valence-corrected chi connectivity index (χ3v) is 5.28. The SMILES string of the molecule is N#Cc1ccc(Cn2cnc3c2c(=O)n(C2CC2)c(=O)n3-c2ccc(F)cc2)cc1. The summed E-state index contributed by atoms with van der Waals surface area (Å²) in [7, 11) is 0. The van der Waals surface area contributed by atoms with Gasteiger partial charge in [-0.3, -0.25) is 9.36 Å². The Hall–Kier alpha value is -3.99. The second kappa shape index (κ2) is 6.81. The first kappa shape index (κ1) is 18.1. The first-order chi connectivity index (χ1) is 14.6. The quantitative estimate of drug-likeness (QED) is 0.526. The van der Waals surface area contributed by atoms with Crippen molar-refractivity contribution in [2.75, 3.05) is 0 Å². The van der Waals surface area contributed by atoms with Crippen molar-refractivity contribution < 1.29 is 4.39 Å². The van der Waals surface area contributed by atoms with Gasteiger partial charge in [-0.25, -0.2) is 18.7 Å². The van der Waals surface area contributed by atoms with E-state index >= 15 is 0 Å². The number of hydrogen-bond acceptors (Lipinski definition) is 4. The number of benzene rings is 2. The smallest absolute Gasteiger partial charge is 0.320 e. The molecule has 1 aliphatic carbocycles. The zero-order valence-corrected chi connectivity index (χ0v) is 15.8. The van der Waals surface area contributed by atoms with E-state index in [2.05, 4.69) is 11.1 Å². The van der Waals surface area contributed by atoms with Crippen molar-refractivity contribution in [1.29, 1.82) is 5.26 Å². The maximum Gasteiger partial charge on any atom is 0.337 e. The maximum absolute atomic E-state index is 13.4. The number of nitriles is 1. The minimum Gasteiger partial charge on any atom is -0.320 e. The van der Waals surface area contributed by atoms with Crippen LogP contribution in [-0.2, 0) is 6.54 Å². The third-order valence-electron chi connectivity index (χ3n) is 5.28. The number of aromatic nitrogens is 4. The van der Waals surface area contributed by atoms with E-state index in [0.29, 0.717) is 23.3 Å². The zero-order chi connectivity index (χ0) is 20.8. The van der Waals surface area contributed by atoms with Gasteiger partial charge in [-0.05, 0) is 54.8 Å². The second-order valence-electron chi connectivity index (χ2n) is 7.35. The van der Waals surface area contributed by atoms with E-state index in [1.165, 1.54) is 39.7 Å². The summed E-state index contributed by atoms with van der Waals surface area (Å²) in [5.74, 6) is -0.412. The molecule has 7 nitrogen and oxygen atoms in total. The van der Waals surface area contributed by atoms with E-state index in [9.17, 15) is 14.0 Å². The van der Waals surface area contributed by atoms with Crippen molar-refractivity contribution >= 4 is 11.2 Å². The maximum atomic E-state index is 13.4. The Balaban J connectivity index is 1.73. The Morgan fingerprint density at radius 3 is 2.40 bits per heavy atom. The molecule has 1 aliphatic rings. The van der Waals surface area contributed by atoms with Crippen LogP contribution in [0.2, 0.25) is 0 Å². The van der Waals surface area contributed by atoms with Crippen LogP contribution < -0.4 is 11.2 Å². The lowest BCUT2D eigenvalue weighted by molar-refractivity contribution is 0.624. The first-order valence-corrected chi connectivity index (χ1v) is 9.54. The second-order valence-corrected chi connectivity index (χ2v) is 7.35. The van der Waals surface area contributed by atoms with Crippen molar-refractivity contribution in [1.82, 2.24) is 18.7 Å². The minimum absolute atomic E-state index is 0.126. The van der Waals surface area contributed by atoms with Crippen LogP contribution in [0.15, 0.2) is 64.4 Å². The molecule has 2 heterocycles. The molecule has 0 N–H and O–H groups in total. The van der Waals surface area contributed by atoms with Crippen LogP contribution in [0.4, 0.5) is 4.39 Å². The van der Waals surface area contributed by atoms with Crippen LogP contribution in [0.1, 0.15) is 30.0 Å². The molecular formula is C22H16FN5O2. The Kier molecular flexibility index (Phi) is 4.10. The van der Waals surface area contributed by atoms with E-state index in [-0.39, 0.29) is 17.2 Å². The van der Waals surface area contributed by atoms with E-state index in [0.717, 1.165) is 18.4 Å². The Morgan fingerprint density at radius 1 is 1.07 bits per heavy atom. The standard InChI is InChI=1S/C22H16FN5O2/c23-16-5-7-17(8-6-16)27-20-19(21(29)28(22(27)30)18-9-10-18)26(13-25-20)12-15-3-1-14(11-24)2-4-15/h1-8,13,18H,9-10,12H2. The fraction of sp³-hybridized carbons (Fsp3) is 0.182. The van der Waals surface area contributed by atoms with Crippen molar-refractivity contribution in [3.8, 4) is 11.8 Å². The molecule has 8 heteroatoms. The molecule has 30 heavy (non-hydrogen) atoms. The molecule has 1 fully saturated rings. The van der Waals surface area contributed by atoms with Crippen LogP contribution in [0.3, 0.4) is 0 Å². The lowest BCUT2D eigenvalue weighted by Gasteiger charge is -2.12. The molecule has 0 unspecified atom stereocenters. The van der Waals surface area contributed by atoms with Gasteiger partial charge in [0.2, 0.25) is 0 Å². The van der Waals surface area contributed by atoms with E-state index in [1.54, 1.807) is 16.7 Å². The van der Waals surface area contributed by atoms with Gasteiger partial charge in [0.1, 0.15) is 5.82 Å². The topological polar surface area (TPSA) is 85.6 Å². The molecular weight excluding hydrogens is 385 g/mol. The van der Waals surface area contributed by atoms with Gasteiger partial charge in [0.25, 0.3) is 5.56 Å². The number of halogens is 1. The molecule has 0 spiro atoms. The van der Waals surface area contributed by atoms with Gasteiger partial charge in [0, 0.05) is 12.6 Å². The van der Waals surface area contributed by atoms with Gasteiger partial charge in [0.05, 0.1) is 23.6 Å². The Morgan fingerprint density at radius 2 is 1.77 bits per heavy atom. The van der Waals surface area contributed by atoms with Crippen LogP contribution in [-0.4, -0.2) is 18.7 Å². The Bertz CT molecular complexity index is 1420. The highest BCUT2D eigenvalue weighted by atomic mass is 19.1. The van der Waals surface area contributed by atoms with Crippen LogP contribution in [0.5, 0.6) is 0 Å². The minimum atomic E-state index is -0.467. The van der Waals surface area contributed by atoms with Crippen molar-refractivity contribution in [3.63, 3.8) is 0 Å². The molecule has 148 valence electrons. The number of fused-ring (bicyclic) bond motifs is 1. The molecule has 0 atom stereocenters. The number of rotatable bonds is 4. The molecule has 1 saturated carbocycles. The molecule has 5 rings (SSSR count).